The van der Waals surface area contributed by atoms with E-state index >= 15 is 0 Å². The normalized spacial score (nSPS) is 36.7. The second-order valence-electron chi connectivity index (χ2n) is 11.4. The Labute approximate surface area is 193 Å². The van der Waals surface area contributed by atoms with E-state index in [2.05, 4.69) is 0 Å². The quantitative estimate of drug-likeness (QED) is 0.535. The van der Waals surface area contributed by atoms with Crippen molar-refractivity contribution < 1.29 is 29.3 Å². The number of fused-ring (bicyclic) bond motifs is 1. The summed E-state index contributed by atoms with van der Waals surface area (Å²) < 4.78 is 11.3. The second-order valence-corrected chi connectivity index (χ2v) is 11.4. The molecule has 0 bridgehead atoms. The molecule has 6 nitrogen and oxygen atoms in total. The highest BCUT2D eigenvalue weighted by molar-refractivity contribution is 5.75. The first-order valence-electron chi connectivity index (χ1n) is 12.8. The first kappa shape index (κ1) is 25.5. The van der Waals surface area contributed by atoms with Crippen molar-refractivity contribution in [1.82, 2.24) is 0 Å². The summed E-state index contributed by atoms with van der Waals surface area (Å²) in [7, 11) is 0. The number of cyclic esters (lactones) is 1. The Morgan fingerprint density at radius 1 is 1.19 bits per heavy atom. The predicted octanol–water partition coefficient (Wildman–Crippen LogP) is 4.25. The van der Waals surface area contributed by atoms with Crippen LogP contribution in [0.25, 0.3) is 0 Å². The van der Waals surface area contributed by atoms with Gasteiger partial charge >= 0.3 is 11.9 Å². The number of aliphatic hydroxyl groups is 2. The Morgan fingerprint density at radius 2 is 1.94 bits per heavy atom. The van der Waals surface area contributed by atoms with Gasteiger partial charge in [0.15, 0.2) is 0 Å². The molecular formula is C26H44O6. The van der Waals surface area contributed by atoms with Crippen LogP contribution in [0.5, 0.6) is 0 Å². The largest absolute Gasteiger partial charge is 0.465 e. The monoisotopic (exact) mass is 452 g/mol. The maximum atomic E-state index is 12.6. The molecule has 2 saturated carbocycles. The van der Waals surface area contributed by atoms with Gasteiger partial charge in [-0.3, -0.25) is 9.59 Å². The third-order valence-corrected chi connectivity index (χ3v) is 8.64. The first-order valence-corrected chi connectivity index (χ1v) is 12.8. The highest BCUT2D eigenvalue weighted by Crippen LogP contribution is 2.51. The van der Waals surface area contributed by atoms with Crippen molar-refractivity contribution in [2.75, 3.05) is 6.61 Å². The zero-order valence-corrected chi connectivity index (χ0v) is 20.4. The third kappa shape index (κ3) is 6.25. The predicted molar refractivity (Wildman–Crippen MR) is 122 cm³/mol. The minimum absolute atomic E-state index is 0.104. The van der Waals surface area contributed by atoms with Crippen LogP contribution in [0.2, 0.25) is 0 Å². The van der Waals surface area contributed by atoms with Gasteiger partial charge in [-0.15, -0.1) is 0 Å². The zero-order chi connectivity index (χ0) is 23.5. The highest BCUT2D eigenvalue weighted by Gasteiger charge is 2.45. The summed E-state index contributed by atoms with van der Waals surface area (Å²) >= 11 is 0. The molecule has 2 aliphatic carbocycles. The van der Waals surface area contributed by atoms with Crippen LogP contribution in [-0.2, 0) is 19.1 Å². The lowest BCUT2D eigenvalue weighted by Gasteiger charge is -2.49. The number of carbonyl (C=O) groups is 2. The number of esters is 2. The van der Waals surface area contributed by atoms with Crippen LogP contribution in [0.3, 0.4) is 0 Å². The molecular weight excluding hydrogens is 408 g/mol. The van der Waals surface area contributed by atoms with Crippen LogP contribution in [-0.4, -0.2) is 47.1 Å². The van der Waals surface area contributed by atoms with Gasteiger partial charge in [-0.2, -0.15) is 0 Å². The lowest BCUT2D eigenvalue weighted by molar-refractivity contribution is -0.160. The minimum Gasteiger partial charge on any atom is -0.465 e. The van der Waals surface area contributed by atoms with Gasteiger partial charge in [0.25, 0.3) is 0 Å². The number of hydrogen-bond acceptors (Lipinski definition) is 6. The fraction of sp³-hybridized carbons (Fsp3) is 0.923. The molecule has 1 saturated heterocycles. The molecule has 2 N–H and O–H groups in total. The van der Waals surface area contributed by atoms with Crippen LogP contribution >= 0.6 is 0 Å². The van der Waals surface area contributed by atoms with Crippen molar-refractivity contribution in [3.63, 3.8) is 0 Å². The standard InChI is InChI=1S/C26H44O6/c1-5-26(3,4)25(30)31-15-20-12-19(16(2)27)11-18-8-6-7-17(24(18)20)9-10-22-13-21(28)14-23(29)32-22/h16-22,24,27-28H,5-15H2,1-4H3/t16-,17-,18-,19+,20+,21+,22+,24-/m0/s1. The van der Waals surface area contributed by atoms with Gasteiger partial charge in [0.2, 0.25) is 0 Å². The minimum atomic E-state index is -0.587. The van der Waals surface area contributed by atoms with Crippen LogP contribution in [0, 0.1) is 35.0 Å². The number of aliphatic hydroxyl groups excluding tert-OH is 2. The molecule has 1 aliphatic heterocycles. The molecule has 184 valence electrons. The van der Waals surface area contributed by atoms with Crippen LogP contribution in [0.4, 0.5) is 0 Å². The van der Waals surface area contributed by atoms with E-state index in [9.17, 15) is 19.8 Å². The van der Waals surface area contributed by atoms with Crippen molar-refractivity contribution in [2.24, 2.45) is 35.0 Å². The van der Waals surface area contributed by atoms with Gasteiger partial charge in [0.1, 0.15) is 6.10 Å². The van der Waals surface area contributed by atoms with Crippen molar-refractivity contribution in [1.29, 1.82) is 0 Å². The van der Waals surface area contributed by atoms with Gasteiger partial charge in [-0.05, 0) is 82.5 Å². The second kappa shape index (κ2) is 10.9. The Balaban J connectivity index is 1.67. The van der Waals surface area contributed by atoms with Crippen LogP contribution < -0.4 is 0 Å². The molecule has 0 unspecified atom stereocenters. The fourth-order valence-corrected chi connectivity index (χ4v) is 6.36. The summed E-state index contributed by atoms with van der Waals surface area (Å²) in [5.41, 5.74) is -0.477. The molecule has 32 heavy (non-hydrogen) atoms. The smallest absolute Gasteiger partial charge is 0.311 e. The third-order valence-electron chi connectivity index (χ3n) is 8.64. The topological polar surface area (TPSA) is 93.1 Å². The maximum absolute atomic E-state index is 12.6. The Hall–Kier alpha value is -1.14. The molecule has 8 atom stereocenters. The van der Waals surface area contributed by atoms with E-state index in [1.807, 2.05) is 27.7 Å². The number of hydrogen-bond donors (Lipinski definition) is 2. The summed E-state index contributed by atoms with van der Waals surface area (Å²) in [5.74, 6) is 1.61. The Kier molecular flexibility index (Phi) is 8.65. The van der Waals surface area contributed by atoms with Crippen molar-refractivity contribution in [3.8, 4) is 0 Å². The summed E-state index contributed by atoms with van der Waals surface area (Å²) in [6.07, 6.45) is 7.45. The van der Waals surface area contributed by atoms with E-state index in [0.29, 0.717) is 30.8 Å². The maximum Gasteiger partial charge on any atom is 0.311 e. The van der Waals surface area contributed by atoms with E-state index in [-0.39, 0.29) is 42.4 Å². The molecule has 0 aromatic heterocycles. The van der Waals surface area contributed by atoms with Gasteiger partial charge in [-0.1, -0.05) is 26.2 Å². The first-order chi connectivity index (χ1) is 15.1. The van der Waals surface area contributed by atoms with Gasteiger partial charge in [0, 0.05) is 6.42 Å². The number of rotatable bonds is 8. The lowest BCUT2D eigenvalue weighted by atomic mass is 9.57. The average molecular weight is 453 g/mol. The molecule has 3 aliphatic rings. The zero-order valence-electron chi connectivity index (χ0n) is 20.4. The van der Waals surface area contributed by atoms with Crippen molar-refractivity contribution in [3.05, 3.63) is 0 Å². The van der Waals surface area contributed by atoms with Gasteiger partial charge < -0.3 is 19.7 Å². The molecule has 6 heteroatoms. The van der Waals surface area contributed by atoms with Crippen LogP contribution in [0.15, 0.2) is 0 Å². The summed E-state index contributed by atoms with van der Waals surface area (Å²) in [5, 5.41) is 20.3. The van der Waals surface area contributed by atoms with E-state index in [1.54, 1.807) is 0 Å². The summed E-state index contributed by atoms with van der Waals surface area (Å²) in [6, 6.07) is 0. The van der Waals surface area contributed by atoms with E-state index in [4.69, 9.17) is 9.47 Å². The summed E-state index contributed by atoms with van der Waals surface area (Å²) in [4.78, 5) is 24.4. The molecule has 0 aromatic rings. The van der Waals surface area contributed by atoms with Gasteiger partial charge in [0.05, 0.1) is 30.7 Å². The Bertz CT molecular complexity index is 644. The average Bonchev–Trinajstić information content (AvgIpc) is 2.74. The number of ether oxygens (including phenoxy) is 2. The van der Waals surface area contributed by atoms with E-state index in [1.165, 1.54) is 12.8 Å². The summed E-state index contributed by atoms with van der Waals surface area (Å²) in [6.45, 7) is 8.19. The van der Waals surface area contributed by atoms with Crippen molar-refractivity contribution in [2.45, 2.75) is 110 Å². The molecule has 0 amide bonds. The molecule has 3 rings (SSSR count). The Morgan fingerprint density at radius 3 is 2.59 bits per heavy atom. The number of carbonyl (C=O) groups excluding carboxylic acids is 2. The molecule has 0 aromatic carbocycles. The molecule has 3 fully saturated rings. The lowest BCUT2D eigenvalue weighted by Crippen LogP contribution is -2.45. The van der Waals surface area contributed by atoms with Crippen LogP contribution in [0.1, 0.15) is 91.9 Å². The fourth-order valence-electron chi connectivity index (χ4n) is 6.36. The van der Waals surface area contributed by atoms with Gasteiger partial charge in [-0.25, -0.2) is 0 Å². The van der Waals surface area contributed by atoms with Crippen molar-refractivity contribution >= 4 is 11.9 Å². The molecule has 0 radical (unpaired) electrons. The SMILES string of the molecule is CCC(C)(C)C(=O)OC[C@H]1C[C@H]([C@H](C)O)C[C@@H]2CCC[C@@H](CC[C@@H]3C[C@@H](O)CC(=O)O3)[C@@H]21. The molecule has 1 heterocycles. The van der Waals surface area contributed by atoms with E-state index < -0.39 is 11.5 Å². The highest BCUT2D eigenvalue weighted by atomic mass is 16.5. The molecule has 0 spiro atoms. The van der Waals surface area contributed by atoms with E-state index in [0.717, 1.165) is 38.5 Å².